The van der Waals surface area contributed by atoms with Crippen LogP contribution >= 0.6 is 0 Å². The molecule has 0 bridgehead atoms. The van der Waals surface area contributed by atoms with Crippen LogP contribution in [-0.2, 0) is 4.79 Å². The van der Waals surface area contributed by atoms with E-state index < -0.39 is 0 Å². The first kappa shape index (κ1) is 14.4. The Kier molecular flexibility index (Phi) is 4.61. The number of nitrogens with one attached hydrogen (secondary N) is 1. The Hall–Kier alpha value is -2.04. The minimum atomic E-state index is -0.0412. The highest BCUT2D eigenvalue weighted by atomic mass is 16.3. The molecule has 5 nitrogen and oxygen atoms in total. The Labute approximate surface area is 119 Å². The molecule has 0 radical (unpaired) electrons. The third-order valence-corrected chi connectivity index (χ3v) is 3.47. The number of benzene rings is 1. The van der Waals surface area contributed by atoms with Crippen molar-refractivity contribution >= 4 is 17.8 Å². The number of phenols is 1. The minimum Gasteiger partial charge on any atom is -0.507 e. The number of carbonyl (C=O) groups is 1. The van der Waals surface area contributed by atoms with Gasteiger partial charge in [0.25, 0.3) is 0 Å². The maximum atomic E-state index is 11.4. The molecule has 1 aliphatic carbocycles. The number of rotatable bonds is 6. The molecule has 20 heavy (non-hydrogen) atoms. The van der Waals surface area contributed by atoms with E-state index in [1.807, 2.05) is 6.07 Å². The first-order valence-electron chi connectivity index (χ1n) is 7.06. The molecule has 1 fully saturated rings. The van der Waals surface area contributed by atoms with Crippen LogP contribution in [0.25, 0.3) is 0 Å². The number of carbonyl (C=O) groups excluding carboxylic acids is 1. The lowest BCUT2D eigenvalue weighted by molar-refractivity contribution is -0.122. The Bertz CT molecular complexity index is 506. The Morgan fingerprint density at radius 1 is 1.45 bits per heavy atom. The molecule has 1 aromatic rings. The van der Waals surface area contributed by atoms with Gasteiger partial charge in [0.1, 0.15) is 5.75 Å². The number of phenolic OH excluding ortho intramolecular Hbond substituents is 1. The summed E-state index contributed by atoms with van der Waals surface area (Å²) in [5.74, 6) is 0.255. The van der Waals surface area contributed by atoms with Crippen molar-refractivity contribution in [2.24, 2.45) is 11.0 Å². The number of hydrogen-bond donors (Lipinski definition) is 2. The van der Waals surface area contributed by atoms with Crippen LogP contribution in [0.15, 0.2) is 23.3 Å². The molecule has 0 spiro atoms. The molecule has 0 aromatic heterocycles. The van der Waals surface area contributed by atoms with E-state index in [0.29, 0.717) is 5.56 Å². The molecule has 0 aliphatic heterocycles. The van der Waals surface area contributed by atoms with E-state index in [1.165, 1.54) is 6.21 Å². The van der Waals surface area contributed by atoms with Crippen LogP contribution in [0, 0.1) is 5.92 Å². The standard InChI is InChI=1S/C15H21N3O2/c1-3-18(4-2)13-8-7-12(14(19)9-13)10-16-17-15(20)11-5-6-11/h7-11,19H,3-6H2,1-2H3,(H,17,20). The van der Waals surface area contributed by atoms with Crippen LogP contribution in [0.3, 0.4) is 0 Å². The van der Waals surface area contributed by atoms with Gasteiger partial charge in [0.2, 0.25) is 5.91 Å². The first-order valence-corrected chi connectivity index (χ1v) is 7.06. The van der Waals surface area contributed by atoms with E-state index in [9.17, 15) is 9.90 Å². The quantitative estimate of drug-likeness (QED) is 0.617. The minimum absolute atomic E-state index is 0.0412. The SMILES string of the molecule is CCN(CC)c1ccc(C=NNC(=O)C2CC2)c(O)c1. The summed E-state index contributed by atoms with van der Waals surface area (Å²) < 4.78 is 0. The van der Waals surface area contributed by atoms with Crippen LogP contribution in [-0.4, -0.2) is 30.3 Å². The van der Waals surface area contributed by atoms with Gasteiger partial charge in [-0.1, -0.05) is 0 Å². The summed E-state index contributed by atoms with van der Waals surface area (Å²) in [6, 6.07) is 5.46. The van der Waals surface area contributed by atoms with E-state index in [2.05, 4.69) is 29.3 Å². The van der Waals surface area contributed by atoms with Crippen molar-refractivity contribution in [3.63, 3.8) is 0 Å². The van der Waals surface area contributed by atoms with Gasteiger partial charge in [0.05, 0.1) is 6.21 Å². The number of hydrogen-bond acceptors (Lipinski definition) is 4. The molecule has 1 amide bonds. The monoisotopic (exact) mass is 275 g/mol. The molecule has 0 atom stereocenters. The second-order valence-corrected chi connectivity index (χ2v) is 4.92. The van der Waals surface area contributed by atoms with Crippen molar-refractivity contribution in [3.8, 4) is 5.75 Å². The predicted octanol–water partition coefficient (Wildman–Crippen LogP) is 2.10. The average molecular weight is 275 g/mol. The third-order valence-electron chi connectivity index (χ3n) is 3.47. The number of amides is 1. The molecule has 108 valence electrons. The van der Waals surface area contributed by atoms with E-state index in [1.54, 1.807) is 12.1 Å². The zero-order valence-electron chi connectivity index (χ0n) is 12.0. The Morgan fingerprint density at radius 2 is 2.15 bits per heavy atom. The summed E-state index contributed by atoms with van der Waals surface area (Å²) in [6.07, 6.45) is 3.37. The van der Waals surface area contributed by atoms with Crippen molar-refractivity contribution in [1.82, 2.24) is 5.43 Å². The molecule has 1 aliphatic rings. The number of aromatic hydroxyl groups is 1. The fourth-order valence-electron chi connectivity index (χ4n) is 2.03. The second kappa shape index (κ2) is 6.41. The summed E-state index contributed by atoms with van der Waals surface area (Å²) in [4.78, 5) is 13.6. The largest absolute Gasteiger partial charge is 0.507 e. The van der Waals surface area contributed by atoms with Crippen LogP contribution < -0.4 is 10.3 Å². The van der Waals surface area contributed by atoms with Crippen LogP contribution in [0.5, 0.6) is 5.75 Å². The normalized spacial score (nSPS) is 14.5. The van der Waals surface area contributed by atoms with Gasteiger partial charge in [-0.05, 0) is 38.8 Å². The summed E-state index contributed by atoms with van der Waals surface area (Å²) in [6.45, 7) is 5.92. The zero-order chi connectivity index (χ0) is 14.5. The van der Waals surface area contributed by atoms with E-state index >= 15 is 0 Å². The van der Waals surface area contributed by atoms with Gasteiger partial charge < -0.3 is 10.0 Å². The van der Waals surface area contributed by atoms with Crippen LogP contribution in [0.1, 0.15) is 32.3 Å². The fraction of sp³-hybridized carbons (Fsp3) is 0.467. The maximum absolute atomic E-state index is 11.4. The highest BCUT2D eigenvalue weighted by molar-refractivity contribution is 5.86. The molecule has 5 heteroatoms. The van der Waals surface area contributed by atoms with Crippen molar-refractivity contribution in [2.75, 3.05) is 18.0 Å². The molecule has 0 unspecified atom stereocenters. The third kappa shape index (κ3) is 3.50. The van der Waals surface area contributed by atoms with E-state index in [-0.39, 0.29) is 17.6 Å². The lowest BCUT2D eigenvalue weighted by Crippen LogP contribution is -2.21. The maximum Gasteiger partial charge on any atom is 0.243 e. The van der Waals surface area contributed by atoms with Gasteiger partial charge in [0.15, 0.2) is 0 Å². The molecular formula is C15H21N3O2. The highest BCUT2D eigenvalue weighted by Crippen LogP contribution is 2.28. The van der Waals surface area contributed by atoms with Gasteiger partial charge in [0, 0.05) is 36.3 Å². The summed E-state index contributed by atoms with van der Waals surface area (Å²) in [5.41, 5.74) is 4.06. The number of hydrazone groups is 1. The lowest BCUT2D eigenvalue weighted by atomic mass is 10.2. The van der Waals surface area contributed by atoms with Gasteiger partial charge in [-0.25, -0.2) is 5.43 Å². The second-order valence-electron chi connectivity index (χ2n) is 4.92. The van der Waals surface area contributed by atoms with E-state index in [0.717, 1.165) is 31.6 Å². The first-order chi connectivity index (χ1) is 9.65. The van der Waals surface area contributed by atoms with E-state index in [4.69, 9.17) is 0 Å². The van der Waals surface area contributed by atoms with Crippen molar-refractivity contribution < 1.29 is 9.90 Å². The van der Waals surface area contributed by atoms with Gasteiger partial charge in [-0.3, -0.25) is 4.79 Å². The molecule has 1 aromatic carbocycles. The molecule has 0 heterocycles. The highest BCUT2D eigenvalue weighted by Gasteiger charge is 2.29. The van der Waals surface area contributed by atoms with Crippen molar-refractivity contribution in [3.05, 3.63) is 23.8 Å². The molecule has 2 rings (SSSR count). The Morgan fingerprint density at radius 3 is 2.70 bits per heavy atom. The number of anilines is 1. The van der Waals surface area contributed by atoms with Crippen molar-refractivity contribution in [2.45, 2.75) is 26.7 Å². The van der Waals surface area contributed by atoms with Gasteiger partial charge >= 0.3 is 0 Å². The van der Waals surface area contributed by atoms with Crippen molar-refractivity contribution in [1.29, 1.82) is 0 Å². The number of nitrogens with zero attached hydrogens (tertiary/aromatic N) is 2. The topological polar surface area (TPSA) is 64.9 Å². The lowest BCUT2D eigenvalue weighted by Gasteiger charge is -2.21. The molecular weight excluding hydrogens is 254 g/mol. The predicted molar refractivity (Wildman–Crippen MR) is 80.1 cm³/mol. The van der Waals surface area contributed by atoms with Crippen LogP contribution in [0.4, 0.5) is 5.69 Å². The average Bonchev–Trinajstić information content (AvgIpc) is 3.27. The summed E-state index contributed by atoms with van der Waals surface area (Å²) in [7, 11) is 0. The molecule has 2 N–H and O–H groups in total. The Balaban J connectivity index is 2.01. The molecule has 0 saturated heterocycles. The summed E-state index contributed by atoms with van der Waals surface area (Å²) >= 11 is 0. The fourth-order valence-corrected chi connectivity index (χ4v) is 2.03. The van der Waals surface area contributed by atoms with Gasteiger partial charge in [-0.15, -0.1) is 0 Å². The van der Waals surface area contributed by atoms with Gasteiger partial charge in [-0.2, -0.15) is 5.10 Å². The zero-order valence-corrected chi connectivity index (χ0v) is 12.0. The summed E-state index contributed by atoms with van der Waals surface area (Å²) in [5, 5.41) is 13.9. The van der Waals surface area contributed by atoms with Crippen LogP contribution in [0.2, 0.25) is 0 Å². The molecule has 1 saturated carbocycles. The smallest absolute Gasteiger partial charge is 0.243 e.